The molecule has 3 N–H and O–H groups in total. The minimum Gasteiger partial charge on any atom is -0.473 e. The van der Waals surface area contributed by atoms with Crippen molar-refractivity contribution in [3.8, 4) is 5.88 Å². The van der Waals surface area contributed by atoms with E-state index in [1.165, 1.54) is 6.33 Å². The number of nitrogens with zero attached hydrogens (tertiary/aromatic N) is 3. The van der Waals surface area contributed by atoms with Gasteiger partial charge in [0.1, 0.15) is 12.0 Å². The van der Waals surface area contributed by atoms with E-state index in [0.29, 0.717) is 23.9 Å². The van der Waals surface area contributed by atoms with Gasteiger partial charge in [-0.3, -0.25) is 4.79 Å². The van der Waals surface area contributed by atoms with Crippen LogP contribution in [-0.2, 0) is 4.79 Å². The molecule has 1 heterocycles. The number of hydrogen-bond acceptors (Lipinski definition) is 6. The SMILES string of the molecule is CNC(=O)C(C)CN(C)c1ncnc(OC(C)C)c1N. The fourth-order valence-corrected chi connectivity index (χ4v) is 1.82. The molecule has 0 aliphatic carbocycles. The van der Waals surface area contributed by atoms with E-state index in [9.17, 15) is 4.79 Å². The monoisotopic (exact) mass is 281 g/mol. The maximum absolute atomic E-state index is 11.5. The van der Waals surface area contributed by atoms with Crippen LogP contribution in [0.2, 0.25) is 0 Å². The number of ether oxygens (including phenoxy) is 1. The third kappa shape index (κ3) is 3.97. The Labute approximate surface area is 119 Å². The molecule has 1 amide bonds. The average Bonchev–Trinajstić information content (AvgIpc) is 2.39. The molecule has 20 heavy (non-hydrogen) atoms. The number of rotatable bonds is 6. The molecular formula is C13H23N5O2. The Morgan fingerprint density at radius 3 is 2.65 bits per heavy atom. The molecule has 1 rings (SSSR count). The van der Waals surface area contributed by atoms with Gasteiger partial charge in [-0.25, -0.2) is 4.98 Å². The van der Waals surface area contributed by atoms with Crippen molar-refractivity contribution in [3.63, 3.8) is 0 Å². The Morgan fingerprint density at radius 1 is 1.45 bits per heavy atom. The van der Waals surface area contributed by atoms with Crippen molar-refractivity contribution in [1.82, 2.24) is 15.3 Å². The van der Waals surface area contributed by atoms with Crippen LogP contribution in [0.1, 0.15) is 20.8 Å². The van der Waals surface area contributed by atoms with E-state index in [2.05, 4.69) is 15.3 Å². The number of amides is 1. The Bertz CT molecular complexity index is 464. The standard InChI is InChI=1S/C13H23N5O2/c1-8(2)20-13-10(14)11(16-7-17-13)18(5)6-9(3)12(19)15-4/h7-9H,6,14H2,1-5H3,(H,15,19). The molecule has 0 saturated carbocycles. The molecule has 0 bridgehead atoms. The molecule has 0 radical (unpaired) electrons. The fraction of sp³-hybridized carbons (Fsp3) is 0.615. The minimum atomic E-state index is -0.172. The predicted molar refractivity (Wildman–Crippen MR) is 78.7 cm³/mol. The summed E-state index contributed by atoms with van der Waals surface area (Å²) in [5, 5.41) is 2.62. The van der Waals surface area contributed by atoms with Gasteiger partial charge in [0.25, 0.3) is 0 Å². The molecule has 1 unspecified atom stereocenters. The van der Waals surface area contributed by atoms with Crippen molar-refractivity contribution in [2.75, 3.05) is 31.3 Å². The van der Waals surface area contributed by atoms with Crippen LogP contribution in [0.3, 0.4) is 0 Å². The maximum Gasteiger partial charge on any atom is 0.242 e. The molecule has 1 aromatic heterocycles. The number of carbonyl (C=O) groups excluding carboxylic acids is 1. The number of nitrogens with one attached hydrogen (secondary N) is 1. The summed E-state index contributed by atoms with van der Waals surface area (Å²) < 4.78 is 5.53. The van der Waals surface area contributed by atoms with Crippen molar-refractivity contribution in [1.29, 1.82) is 0 Å². The molecule has 0 fully saturated rings. The van der Waals surface area contributed by atoms with Crippen LogP contribution in [0, 0.1) is 5.92 Å². The second-order valence-corrected chi connectivity index (χ2v) is 4.98. The summed E-state index contributed by atoms with van der Waals surface area (Å²) in [7, 11) is 3.45. The molecule has 0 aromatic carbocycles. The van der Waals surface area contributed by atoms with Gasteiger partial charge >= 0.3 is 0 Å². The van der Waals surface area contributed by atoms with E-state index in [-0.39, 0.29) is 17.9 Å². The molecule has 1 atom stereocenters. The highest BCUT2D eigenvalue weighted by Gasteiger charge is 2.18. The summed E-state index contributed by atoms with van der Waals surface area (Å²) in [6.45, 7) is 6.15. The average molecular weight is 281 g/mol. The van der Waals surface area contributed by atoms with Crippen LogP contribution in [0.25, 0.3) is 0 Å². The lowest BCUT2D eigenvalue weighted by atomic mass is 10.1. The molecule has 0 aliphatic heterocycles. The smallest absolute Gasteiger partial charge is 0.242 e. The predicted octanol–water partition coefficient (Wildman–Crippen LogP) is 0.664. The molecule has 0 aliphatic rings. The van der Waals surface area contributed by atoms with Crippen molar-refractivity contribution < 1.29 is 9.53 Å². The lowest BCUT2D eigenvalue weighted by Crippen LogP contribution is -2.35. The molecule has 112 valence electrons. The number of aromatic nitrogens is 2. The zero-order valence-electron chi connectivity index (χ0n) is 12.7. The summed E-state index contributed by atoms with van der Waals surface area (Å²) >= 11 is 0. The normalized spacial score (nSPS) is 12.1. The van der Waals surface area contributed by atoms with E-state index in [1.54, 1.807) is 7.05 Å². The zero-order chi connectivity index (χ0) is 15.3. The lowest BCUT2D eigenvalue weighted by Gasteiger charge is -2.23. The van der Waals surface area contributed by atoms with E-state index < -0.39 is 0 Å². The molecular weight excluding hydrogens is 258 g/mol. The molecule has 7 heteroatoms. The quantitative estimate of drug-likeness (QED) is 0.796. The van der Waals surface area contributed by atoms with Crippen molar-refractivity contribution in [2.24, 2.45) is 5.92 Å². The lowest BCUT2D eigenvalue weighted by molar-refractivity contribution is -0.123. The molecule has 1 aromatic rings. The van der Waals surface area contributed by atoms with Crippen molar-refractivity contribution >= 4 is 17.4 Å². The van der Waals surface area contributed by atoms with Gasteiger partial charge in [0.05, 0.1) is 12.0 Å². The van der Waals surface area contributed by atoms with Crippen LogP contribution in [0.15, 0.2) is 6.33 Å². The number of anilines is 2. The van der Waals surface area contributed by atoms with E-state index >= 15 is 0 Å². The summed E-state index contributed by atoms with van der Waals surface area (Å²) in [5.41, 5.74) is 6.41. The van der Waals surface area contributed by atoms with Gasteiger partial charge in [0.2, 0.25) is 11.8 Å². The van der Waals surface area contributed by atoms with E-state index in [0.717, 1.165) is 0 Å². The van der Waals surface area contributed by atoms with Gasteiger partial charge in [0, 0.05) is 20.6 Å². The summed E-state index contributed by atoms with van der Waals surface area (Å²) in [6, 6.07) is 0. The van der Waals surface area contributed by atoms with Gasteiger partial charge in [-0.1, -0.05) is 6.92 Å². The first kappa shape index (κ1) is 16.0. The van der Waals surface area contributed by atoms with Gasteiger partial charge < -0.3 is 20.7 Å². The van der Waals surface area contributed by atoms with E-state index in [1.807, 2.05) is 32.7 Å². The number of nitrogens with two attached hydrogens (primary N) is 1. The first-order chi connectivity index (χ1) is 9.36. The van der Waals surface area contributed by atoms with E-state index in [4.69, 9.17) is 10.5 Å². The second-order valence-electron chi connectivity index (χ2n) is 4.98. The highest BCUT2D eigenvalue weighted by molar-refractivity contribution is 5.79. The third-order valence-corrected chi connectivity index (χ3v) is 2.78. The first-order valence-corrected chi connectivity index (χ1v) is 6.56. The minimum absolute atomic E-state index is 0.0184. The van der Waals surface area contributed by atoms with Crippen LogP contribution >= 0.6 is 0 Å². The Hall–Kier alpha value is -2.05. The van der Waals surface area contributed by atoms with Crippen LogP contribution in [0.5, 0.6) is 5.88 Å². The Morgan fingerprint density at radius 2 is 2.10 bits per heavy atom. The van der Waals surface area contributed by atoms with Crippen molar-refractivity contribution in [2.45, 2.75) is 26.9 Å². The largest absolute Gasteiger partial charge is 0.473 e. The topological polar surface area (TPSA) is 93.4 Å². The Kier molecular flexibility index (Phi) is 5.54. The number of nitrogen functional groups attached to an aromatic ring is 1. The summed E-state index contributed by atoms with van der Waals surface area (Å²) in [4.78, 5) is 21.6. The van der Waals surface area contributed by atoms with Crippen LogP contribution in [-0.4, -0.2) is 42.6 Å². The third-order valence-electron chi connectivity index (χ3n) is 2.78. The number of hydrogen-bond donors (Lipinski definition) is 2. The Balaban J connectivity index is 2.88. The van der Waals surface area contributed by atoms with Crippen molar-refractivity contribution in [3.05, 3.63) is 6.33 Å². The zero-order valence-corrected chi connectivity index (χ0v) is 12.7. The highest BCUT2D eigenvalue weighted by atomic mass is 16.5. The second kappa shape index (κ2) is 6.93. The van der Waals surface area contributed by atoms with Gasteiger partial charge in [-0.05, 0) is 13.8 Å². The first-order valence-electron chi connectivity index (χ1n) is 6.56. The van der Waals surface area contributed by atoms with Crippen LogP contribution in [0.4, 0.5) is 11.5 Å². The van der Waals surface area contributed by atoms with Crippen LogP contribution < -0.4 is 20.7 Å². The van der Waals surface area contributed by atoms with Gasteiger partial charge in [-0.15, -0.1) is 0 Å². The fourth-order valence-electron chi connectivity index (χ4n) is 1.82. The van der Waals surface area contributed by atoms with Gasteiger partial charge in [0.15, 0.2) is 5.82 Å². The van der Waals surface area contributed by atoms with Gasteiger partial charge in [-0.2, -0.15) is 4.98 Å². The summed E-state index contributed by atoms with van der Waals surface area (Å²) in [5.74, 6) is 0.729. The summed E-state index contributed by atoms with van der Waals surface area (Å²) in [6.07, 6.45) is 1.39. The maximum atomic E-state index is 11.5. The molecule has 0 saturated heterocycles. The highest BCUT2D eigenvalue weighted by Crippen LogP contribution is 2.28. The number of carbonyl (C=O) groups is 1. The molecule has 0 spiro atoms. The molecule has 7 nitrogen and oxygen atoms in total.